The Kier molecular flexibility index (Phi) is 7.15. The second kappa shape index (κ2) is 9.11. The number of aliphatic hydroxyl groups excluding tert-OH is 1. The normalized spacial score (nSPS) is 16.7. The number of ether oxygens (including phenoxy) is 1. The van der Waals surface area contributed by atoms with Crippen molar-refractivity contribution in [2.45, 2.75) is 20.0 Å². The van der Waals surface area contributed by atoms with E-state index in [2.05, 4.69) is 13.8 Å². The summed E-state index contributed by atoms with van der Waals surface area (Å²) in [6.07, 6.45) is -0.748. The Hall–Kier alpha value is -1.50. The van der Waals surface area contributed by atoms with E-state index in [1.165, 1.54) is 12.1 Å². The van der Waals surface area contributed by atoms with Gasteiger partial charge in [-0.05, 0) is 23.6 Å². The molecule has 1 saturated heterocycles. The van der Waals surface area contributed by atoms with E-state index in [1.807, 2.05) is 4.90 Å². The zero-order valence-electron chi connectivity index (χ0n) is 14.4. The molecule has 1 aromatic carbocycles. The van der Waals surface area contributed by atoms with Gasteiger partial charge in [0.15, 0.2) is 0 Å². The first-order valence-electron chi connectivity index (χ1n) is 8.47. The number of hydrogen-bond acceptors (Lipinski definition) is 4. The summed E-state index contributed by atoms with van der Waals surface area (Å²) in [6.45, 7) is 7.89. The molecule has 0 unspecified atom stereocenters. The molecule has 0 radical (unpaired) electrons. The smallest absolute Gasteiger partial charge is 0.236 e. The number of aliphatic hydroxyl groups is 1. The molecule has 5 nitrogen and oxygen atoms in total. The van der Waals surface area contributed by atoms with Crippen LogP contribution in [0, 0.1) is 11.7 Å². The van der Waals surface area contributed by atoms with Crippen LogP contribution in [-0.4, -0.2) is 66.8 Å². The first-order chi connectivity index (χ1) is 11.5. The van der Waals surface area contributed by atoms with E-state index >= 15 is 0 Å². The maximum absolute atomic E-state index is 13.0. The molecule has 0 spiro atoms. The number of halogens is 1. The highest BCUT2D eigenvalue weighted by Gasteiger charge is 2.22. The van der Waals surface area contributed by atoms with Crippen molar-refractivity contribution < 1.29 is 19.0 Å². The van der Waals surface area contributed by atoms with E-state index in [1.54, 1.807) is 17.0 Å². The van der Waals surface area contributed by atoms with Gasteiger partial charge in [0.25, 0.3) is 0 Å². The number of morpholine rings is 1. The molecule has 1 aliphatic heterocycles. The fourth-order valence-electron chi connectivity index (χ4n) is 2.86. The number of carbonyl (C=O) groups is 1. The summed E-state index contributed by atoms with van der Waals surface area (Å²) in [5, 5.41) is 10.4. The summed E-state index contributed by atoms with van der Waals surface area (Å²) in [4.78, 5) is 16.2. The molecule has 134 valence electrons. The number of rotatable bonds is 7. The summed E-state index contributed by atoms with van der Waals surface area (Å²) < 4.78 is 18.3. The van der Waals surface area contributed by atoms with Crippen molar-refractivity contribution in [3.63, 3.8) is 0 Å². The molecule has 2 rings (SSSR count). The summed E-state index contributed by atoms with van der Waals surface area (Å²) >= 11 is 0. The van der Waals surface area contributed by atoms with Crippen LogP contribution in [0.25, 0.3) is 0 Å². The molecule has 1 aromatic rings. The molecule has 6 heteroatoms. The minimum Gasteiger partial charge on any atom is -0.387 e. The topological polar surface area (TPSA) is 53.0 Å². The zero-order valence-corrected chi connectivity index (χ0v) is 14.4. The highest BCUT2D eigenvalue weighted by atomic mass is 19.1. The van der Waals surface area contributed by atoms with Crippen LogP contribution < -0.4 is 0 Å². The highest BCUT2D eigenvalue weighted by molar-refractivity contribution is 5.78. The van der Waals surface area contributed by atoms with E-state index in [4.69, 9.17) is 4.74 Å². The Labute approximate surface area is 143 Å². The lowest BCUT2D eigenvalue weighted by atomic mass is 10.1. The molecule has 0 aromatic heterocycles. The van der Waals surface area contributed by atoms with Gasteiger partial charge in [-0.25, -0.2) is 4.39 Å². The lowest BCUT2D eigenvalue weighted by Gasteiger charge is -2.31. The van der Waals surface area contributed by atoms with Crippen LogP contribution in [0.15, 0.2) is 24.3 Å². The van der Waals surface area contributed by atoms with Crippen LogP contribution in [-0.2, 0) is 9.53 Å². The van der Waals surface area contributed by atoms with Crippen LogP contribution in [0.5, 0.6) is 0 Å². The molecular weight excluding hydrogens is 311 g/mol. The Morgan fingerprint density at radius 2 is 1.88 bits per heavy atom. The third-order valence-electron chi connectivity index (χ3n) is 4.03. The Morgan fingerprint density at radius 3 is 2.46 bits per heavy atom. The average Bonchev–Trinajstić information content (AvgIpc) is 2.55. The van der Waals surface area contributed by atoms with E-state index in [0.717, 1.165) is 0 Å². The maximum Gasteiger partial charge on any atom is 0.236 e. The van der Waals surface area contributed by atoms with Crippen LogP contribution >= 0.6 is 0 Å². The van der Waals surface area contributed by atoms with Gasteiger partial charge in [-0.1, -0.05) is 26.0 Å². The number of nitrogens with zero attached hydrogens (tertiary/aromatic N) is 2. The number of carbonyl (C=O) groups excluding carboxylic acids is 1. The van der Waals surface area contributed by atoms with Gasteiger partial charge < -0.3 is 14.7 Å². The highest BCUT2D eigenvalue weighted by Crippen LogP contribution is 2.16. The lowest BCUT2D eigenvalue weighted by Crippen LogP contribution is -2.47. The van der Waals surface area contributed by atoms with Gasteiger partial charge in [0, 0.05) is 26.2 Å². The number of amides is 1. The van der Waals surface area contributed by atoms with Crippen molar-refractivity contribution in [3.05, 3.63) is 35.6 Å². The molecule has 24 heavy (non-hydrogen) atoms. The van der Waals surface area contributed by atoms with Crippen molar-refractivity contribution in [2.24, 2.45) is 5.92 Å². The molecule has 1 amide bonds. The van der Waals surface area contributed by atoms with Gasteiger partial charge >= 0.3 is 0 Å². The van der Waals surface area contributed by atoms with Gasteiger partial charge in [-0.2, -0.15) is 0 Å². The molecule has 1 aliphatic rings. The van der Waals surface area contributed by atoms with Crippen molar-refractivity contribution in [1.82, 2.24) is 9.80 Å². The first kappa shape index (κ1) is 18.8. The van der Waals surface area contributed by atoms with Crippen LogP contribution in [0.1, 0.15) is 25.5 Å². The molecule has 1 fully saturated rings. The van der Waals surface area contributed by atoms with Crippen LogP contribution in [0.3, 0.4) is 0 Å². The zero-order chi connectivity index (χ0) is 17.5. The summed E-state index contributed by atoms with van der Waals surface area (Å²) in [6, 6.07) is 5.84. The van der Waals surface area contributed by atoms with Gasteiger partial charge in [0.05, 0.1) is 25.9 Å². The molecule has 0 aliphatic carbocycles. The third-order valence-corrected chi connectivity index (χ3v) is 4.03. The van der Waals surface area contributed by atoms with Crippen molar-refractivity contribution >= 4 is 5.91 Å². The standard InChI is InChI=1S/C18H27FN2O3/c1-14(2)11-20(13-18(23)21-7-9-24-10-8-21)12-17(22)15-3-5-16(19)6-4-15/h3-6,14,17,22H,7-13H2,1-2H3/t17-/m1/s1. The second-order valence-electron chi connectivity index (χ2n) is 6.65. The molecule has 1 heterocycles. The lowest BCUT2D eigenvalue weighted by molar-refractivity contribution is -0.136. The second-order valence-corrected chi connectivity index (χ2v) is 6.65. The van der Waals surface area contributed by atoms with E-state index in [0.29, 0.717) is 50.9 Å². The Bertz CT molecular complexity index is 516. The Balaban J connectivity index is 1.96. The number of benzene rings is 1. The largest absolute Gasteiger partial charge is 0.387 e. The van der Waals surface area contributed by atoms with Gasteiger partial charge in [-0.15, -0.1) is 0 Å². The summed E-state index contributed by atoms with van der Waals surface area (Å²) in [7, 11) is 0. The Morgan fingerprint density at radius 1 is 1.25 bits per heavy atom. The molecule has 1 atom stereocenters. The minimum atomic E-state index is -0.748. The van der Waals surface area contributed by atoms with E-state index in [9.17, 15) is 14.3 Å². The molecule has 0 bridgehead atoms. The fourth-order valence-corrected chi connectivity index (χ4v) is 2.86. The maximum atomic E-state index is 13.0. The monoisotopic (exact) mass is 338 g/mol. The van der Waals surface area contributed by atoms with Gasteiger partial charge in [-0.3, -0.25) is 9.69 Å². The van der Waals surface area contributed by atoms with Crippen LogP contribution in [0.2, 0.25) is 0 Å². The van der Waals surface area contributed by atoms with Crippen molar-refractivity contribution in [1.29, 1.82) is 0 Å². The third kappa shape index (κ3) is 5.85. The predicted octanol–water partition coefficient (Wildman–Crippen LogP) is 1.68. The summed E-state index contributed by atoms with van der Waals surface area (Å²) in [5.74, 6) is 0.112. The SMILES string of the molecule is CC(C)CN(CC(=O)N1CCOCC1)C[C@@H](O)c1ccc(F)cc1. The summed E-state index contributed by atoms with van der Waals surface area (Å²) in [5.41, 5.74) is 0.656. The van der Waals surface area contributed by atoms with Crippen molar-refractivity contribution in [2.75, 3.05) is 45.9 Å². The van der Waals surface area contributed by atoms with Gasteiger partial charge in [0.1, 0.15) is 5.82 Å². The van der Waals surface area contributed by atoms with E-state index < -0.39 is 6.10 Å². The average molecular weight is 338 g/mol. The molecule has 1 N–H and O–H groups in total. The van der Waals surface area contributed by atoms with Gasteiger partial charge in [0.2, 0.25) is 5.91 Å². The number of hydrogen-bond donors (Lipinski definition) is 1. The predicted molar refractivity (Wildman–Crippen MR) is 90.0 cm³/mol. The van der Waals surface area contributed by atoms with Crippen molar-refractivity contribution in [3.8, 4) is 0 Å². The van der Waals surface area contributed by atoms with Crippen LogP contribution in [0.4, 0.5) is 4.39 Å². The first-order valence-corrected chi connectivity index (χ1v) is 8.47. The molecular formula is C18H27FN2O3. The fraction of sp³-hybridized carbons (Fsp3) is 0.611. The molecule has 0 saturated carbocycles. The minimum absolute atomic E-state index is 0.0604. The van der Waals surface area contributed by atoms with E-state index in [-0.39, 0.29) is 18.3 Å². The quantitative estimate of drug-likeness (QED) is 0.822.